The van der Waals surface area contributed by atoms with Gasteiger partial charge in [-0.2, -0.15) is 4.98 Å². The van der Waals surface area contributed by atoms with Crippen LogP contribution in [0.1, 0.15) is 0 Å². The van der Waals surface area contributed by atoms with E-state index in [1.165, 1.54) is 0 Å². The zero-order chi connectivity index (χ0) is 10.8. The van der Waals surface area contributed by atoms with Gasteiger partial charge >= 0.3 is 0 Å². The molecule has 5 heteroatoms. The van der Waals surface area contributed by atoms with E-state index in [1.807, 2.05) is 32.3 Å². The van der Waals surface area contributed by atoms with Crippen LogP contribution in [0, 0.1) is 0 Å². The van der Waals surface area contributed by atoms with Crippen molar-refractivity contribution in [1.82, 2.24) is 10.1 Å². The number of nitrogens with two attached hydrogens (primary N) is 1. The SMILES string of the molecule is CN(C)c1noc(-c2cccc(N)c2)n1. The molecule has 2 aromatic rings. The summed E-state index contributed by atoms with van der Waals surface area (Å²) in [4.78, 5) is 5.99. The van der Waals surface area contributed by atoms with Crippen LogP contribution in [-0.4, -0.2) is 24.2 Å². The summed E-state index contributed by atoms with van der Waals surface area (Å²) < 4.78 is 5.11. The molecule has 1 aromatic carbocycles. The van der Waals surface area contributed by atoms with Crippen molar-refractivity contribution in [2.75, 3.05) is 24.7 Å². The molecule has 0 bridgehead atoms. The van der Waals surface area contributed by atoms with Crippen LogP contribution in [0.3, 0.4) is 0 Å². The van der Waals surface area contributed by atoms with Crippen molar-refractivity contribution in [2.24, 2.45) is 0 Å². The lowest BCUT2D eigenvalue weighted by atomic mass is 10.2. The van der Waals surface area contributed by atoms with E-state index in [4.69, 9.17) is 10.3 Å². The Balaban J connectivity index is 2.37. The van der Waals surface area contributed by atoms with E-state index in [-0.39, 0.29) is 0 Å². The number of rotatable bonds is 2. The third-order valence-corrected chi connectivity index (χ3v) is 1.95. The first-order chi connectivity index (χ1) is 7.16. The molecule has 0 fully saturated rings. The molecule has 0 radical (unpaired) electrons. The van der Waals surface area contributed by atoms with Crippen molar-refractivity contribution in [3.8, 4) is 11.5 Å². The van der Waals surface area contributed by atoms with Crippen LogP contribution in [0.5, 0.6) is 0 Å². The second-order valence-corrected chi connectivity index (χ2v) is 3.42. The predicted molar refractivity (Wildman–Crippen MR) is 58.5 cm³/mol. The highest BCUT2D eigenvalue weighted by Crippen LogP contribution is 2.21. The molecule has 1 heterocycles. The van der Waals surface area contributed by atoms with Gasteiger partial charge in [0.1, 0.15) is 0 Å². The Morgan fingerprint density at radius 2 is 2.13 bits per heavy atom. The van der Waals surface area contributed by atoms with E-state index >= 15 is 0 Å². The highest BCUT2D eigenvalue weighted by molar-refractivity contribution is 5.60. The molecule has 78 valence electrons. The molecule has 5 nitrogen and oxygen atoms in total. The van der Waals surface area contributed by atoms with Gasteiger partial charge in [-0.25, -0.2) is 0 Å². The van der Waals surface area contributed by atoms with E-state index in [9.17, 15) is 0 Å². The lowest BCUT2D eigenvalue weighted by molar-refractivity contribution is 0.431. The average molecular weight is 204 g/mol. The Morgan fingerprint density at radius 3 is 2.73 bits per heavy atom. The van der Waals surface area contributed by atoms with Crippen LogP contribution >= 0.6 is 0 Å². The van der Waals surface area contributed by atoms with Gasteiger partial charge in [0.25, 0.3) is 11.8 Å². The first kappa shape index (κ1) is 9.51. The van der Waals surface area contributed by atoms with E-state index in [1.54, 1.807) is 11.0 Å². The smallest absolute Gasteiger partial charge is 0.265 e. The first-order valence-corrected chi connectivity index (χ1v) is 4.54. The van der Waals surface area contributed by atoms with Crippen molar-refractivity contribution >= 4 is 11.6 Å². The fourth-order valence-corrected chi connectivity index (χ4v) is 1.19. The van der Waals surface area contributed by atoms with Gasteiger partial charge in [0.05, 0.1) is 0 Å². The highest BCUT2D eigenvalue weighted by Gasteiger charge is 2.09. The highest BCUT2D eigenvalue weighted by atomic mass is 16.5. The van der Waals surface area contributed by atoms with Crippen LogP contribution in [-0.2, 0) is 0 Å². The normalized spacial score (nSPS) is 10.3. The summed E-state index contributed by atoms with van der Waals surface area (Å²) in [6, 6.07) is 7.34. The van der Waals surface area contributed by atoms with Crippen LogP contribution in [0.4, 0.5) is 11.6 Å². The molecule has 0 aliphatic rings. The molecule has 0 unspecified atom stereocenters. The van der Waals surface area contributed by atoms with Crippen LogP contribution in [0.2, 0.25) is 0 Å². The minimum absolute atomic E-state index is 0.478. The maximum absolute atomic E-state index is 5.66. The van der Waals surface area contributed by atoms with E-state index in [0.29, 0.717) is 17.5 Å². The van der Waals surface area contributed by atoms with Gasteiger partial charge < -0.3 is 15.2 Å². The van der Waals surface area contributed by atoms with Gasteiger partial charge in [-0.1, -0.05) is 6.07 Å². The third-order valence-electron chi connectivity index (χ3n) is 1.95. The number of nitrogens with zero attached hydrogens (tertiary/aromatic N) is 3. The Morgan fingerprint density at radius 1 is 1.33 bits per heavy atom. The zero-order valence-corrected chi connectivity index (χ0v) is 8.64. The summed E-state index contributed by atoms with van der Waals surface area (Å²) in [5, 5.41) is 3.82. The third kappa shape index (κ3) is 1.90. The van der Waals surface area contributed by atoms with Gasteiger partial charge in [-0.15, -0.1) is 0 Å². The average Bonchev–Trinajstić information content (AvgIpc) is 2.66. The lowest BCUT2D eigenvalue weighted by Crippen LogP contribution is -2.09. The molecular weight excluding hydrogens is 192 g/mol. The number of nitrogen functional groups attached to an aromatic ring is 1. The molecule has 2 rings (SSSR count). The molecule has 0 spiro atoms. The second-order valence-electron chi connectivity index (χ2n) is 3.42. The molecular formula is C10H12N4O. The molecule has 0 saturated carbocycles. The summed E-state index contributed by atoms with van der Waals surface area (Å²) in [7, 11) is 3.71. The summed E-state index contributed by atoms with van der Waals surface area (Å²) in [6.07, 6.45) is 0. The molecule has 1 aromatic heterocycles. The standard InChI is InChI=1S/C10H12N4O/c1-14(2)10-12-9(15-13-10)7-4-3-5-8(11)6-7/h3-6H,11H2,1-2H3. The predicted octanol–water partition coefficient (Wildman–Crippen LogP) is 1.38. The molecule has 0 aliphatic carbocycles. The Kier molecular flexibility index (Phi) is 2.29. The summed E-state index contributed by atoms with van der Waals surface area (Å²) in [6.45, 7) is 0. The van der Waals surface area contributed by atoms with Crippen molar-refractivity contribution < 1.29 is 4.52 Å². The van der Waals surface area contributed by atoms with Crippen molar-refractivity contribution in [3.05, 3.63) is 24.3 Å². The Hall–Kier alpha value is -2.04. The number of hydrogen-bond donors (Lipinski definition) is 1. The summed E-state index contributed by atoms with van der Waals surface area (Å²) in [5.74, 6) is 1.03. The largest absolute Gasteiger partial charge is 0.399 e. The fourth-order valence-electron chi connectivity index (χ4n) is 1.19. The van der Waals surface area contributed by atoms with Crippen molar-refractivity contribution in [2.45, 2.75) is 0 Å². The molecule has 0 saturated heterocycles. The number of hydrogen-bond acceptors (Lipinski definition) is 5. The molecule has 0 amide bonds. The monoisotopic (exact) mass is 204 g/mol. The Labute approximate surface area is 87.5 Å². The fraction of sp³-hybridized carbons (Fsp3) is 0.200. The van der Waals surface area contributed by atoms with E-state index < -0.39 is 0 Å². The quantitative estimate of drug-likeness (QED) is 0.748. The second kappa shape index (κ2) is 3.61. The minimum Gasteiger partial charge on any atom is -0.399 e. The maximum Gasteiger partial charge on any atom is 0.265 e. The number of benzene rings is 1. The van der Waals surface area contributed by atoms with E-state index in [0.717, 1.165) is 5.56 Å². The summed E-state index contributed by atoms with van der Waals surface area (Å²) in [5.41, 5.74) is 7.17. The van der Waals surface area contributed by atoms with Gasteiger partial charge in [-0.3, -0.25) is 0 Å². The number of aromatic nitrogens is 2. The molecule has 15 heavy (non-hydrogen) atoms. The van der Waals surface area contributed by atoms with Gasteiger partial charge in [0, 0.05) is 25.3 Å². The van der Waals surface area contributed by atoms with Crippen LogP contribution < -0.4 is 10.6 Å². The zero-order valence-electron chi connectivity index (χ0n) is 8.64. The van der Waals surface area contributed by atoms with Crippen LogP contribution in [0.15, 0.2) is 28.8 Å². The van der Waals surface area contributed by atoms with Crippen molar-refractivity contribution in [1.29, 1.82) is 0 Å². The lowest BCUT2D eigenvalue weighted by Gasteiger charge is -2.02. The van der Waals surface area contributed by atoms with E-state index in [2.05, 4.69) is 10.1 Å². The Bertz CT molecular complexity index is 464. The molecule has 2 N–H and O–H groups in total. The molecule has 0 atom stereocenters. The van der Waals surface area contributed by atoms with Crippen LogP contribution in [0.25, 0.3) is 11.5 Å². The number of anilines is 2. The first-order valence-electron chi connectivity index (χ1n) is 4.54. The molecule has 0 aliphatic heterocycles. The maximum atomic E-state index is 5.66. The van der Waals surface area contributed by atoms with Gasteiger partial charge in [-0.05, 0) is 23.4 Å². The van der Waals surface area contributed by atoms with Gasteiger partial charge in [0.15, 0.2) is 0 Å². The topological polar surface area (TPSA) is 68.2 Å². The minimum atomic E-state index is 0.478. The van der Waals surface area contributed by atoms with Gasteiger partial charge in [0.2, 0.25) is 0 Å². The van der Waals surface area contributed by atoms with Crippen molar-refractivity contribution in [3.63, 3.8) is 0 Å². The summed E-state index contributed by atoms with van der Waals surface area (Å²) >= 11 is 0.